The summed E-state index contributed by atoms with van der Waals surface area (Å²) in [6.45, 7) is 5.10. The normalized spacial score (nSPS) is 12.0. The van der Waals surface area contributed by atoms with Gasteiger partial charge in [0, 0.05) is 29.8 Å². The highest BCUT2D eigenvalue weighted by Gasteiger charge is 2.14. The maximum Gasteiger partial charge on any atom is 0.272 e. The summed E-state index contributed by atoms with van der Waals surface area (Å²) in [5.74, 6) is -0.193. The third kappa shape index (κ3) is 3.53. The fourth-order valence-corrected chi connectivity index (χ4v) is 1.63. The van der Waals surface area contributed by atoms with Crippen molar-refractivity contribution in [3.63, 3.8) is 0 Å². The molecule has 0 heterocycles. The molecule has 1 amide bonds. The third-order valence-electron chi connectivity index (χ3n) is 2.52. The molecule has 1 unspecified atom stereocenters. The number of anilines is 1. The Morgan fingerprint density at radius 2 is 2.06 bits per heavy atom. The summed E-state index contributed by atoms with van der Waals surface area (Å²) in [5, 5.41) is 13.5. The molecule has 0 spiro atoms. The van der Waals surface area contributed by atoms with E-state index >= 15 is 0 Å². The van der Waals surface area contributed by atoms with Gasteiger partial charge >= 0.3 is 0 Å². The van der Waals surface area contributed by atoms with Crippen molar-refractivity contribution in [2.45, 2.75) is 33.2 Å². The van der Waals surface area contributed by atoms with E-state index < -0.39 is 4.92 Å². The second-order valence-corrected chi connectivity index (χ2v) is 4.44. The first-order chi connectivity index (χ1) is 8.31. The largest absolute Gasteiger partial charge is 0.327 e. The highest BCUT2D eigenvalue weighted by molar-refractivity contribution is 5.92. The Balaban J connectivity index is 2.95. The lowest BCUT2D eigenvalue weighted by atomic mass is 10.1. The molecule has 1 rings (SSSR count). The van der Waals surface area contributed by atoms with Gasteiger partial charge in [0.05, 0.1) is 4.92 Å². The van der Waals surface area contributed by atoms with E-state index in [0.29, 0.717) is 16.8 Å². The summed E-state index contributed by atoms with van der Waals surface area (Å²) in [6, 6.07) is 2.84. The van der Waals surface area contributed by atoms with E-state index in [2.05, 4.69) is 5.32 Å². The molecule has 1 aromatic rings. The summed E-state index contributed by atoms with van der Waals surface area (Å²) in [6.07, 6.45) is 0.218. The van der Waals surface area contributed by atoms with Crippen LogP contribution in [-0.2, 0) is 4.79 Å². The van der Waals surface area contributed by atoms with Crippen LogP contribution < -0.4 is 11.1 Å². The highest BCUT2D eigenvalue weighted by Crippen LogP contribution is 2.26. The monoisotopic (exact) mass is 251 g/mol. The average molecular weight is 251 g/mol. The lowest BCUT2D eigenvalue weighted by Gasteiger charge is -2.11. The molecule has 0 saturated carbocycles. The van der Waals surface area contributed by atoms with Gasteiger partial charge in [-0.15, -0.1) is 0 Å². The van der Waals surface area contributed by atoms with Crippen LogP contribution in [0.1, 0.15) is 24.5 Å². The third-order valence-corrected chi connectivity index (χ3v) is 2.52. The number of nitrogens with one attached hydrogen (secondary N) is 1. The predicted octanol–water partition coefficient (Wildman–Crippen LogP) is 1.89. The Bertz CT molecular complexity index is 484. The number of nitrogens with zero attached hydrogens (tertiary/aromatic N) is 1. The number of benzene rings is 1. The summed E-state index contributed by atoms with van der Waals surface area (Å²) in [7, 11) is 0. The molecule has 1 atom stereocenters. The molecule has 0 aliphatic heterocycles. The van der Waals surface area contributed by atoms with Gasteiger partial charge in [0.25, 0.3) is 5.69 Å². The molecule has 0 bridgehead atoms. The maximum absolute atomic E-state index is 11.6. The maximum atomic E-state index is 11.6. The minimum absolute atomic E-state index is 0.0534. The molecule has 3 N–H and O–H groups in total. The fraction of sp³-hybridized carbons (Fsp3) is 0.417. The summed E-state index contributed by atoms with van der Waals surface area (Å²) in [5.41, 5.74) is 7.34. The van der Waals surface area contributed by atoms with Gasteiger partial charge in [-0.1, -0.05) is 0 Å². The smallest absolute Gasteiger partial charge is 0.272 e. The quantitative estimate of drug-likeness (QED) is 0.630. The van der Waals surface area contributed by atoms with Crippen LogP contribution in [0.2, 0.25) is 0 Å². The molecule has 0 aliphatic rings. The Morgan fingerprint density at radius 3 is 2.56 bits per heavy atom. The van der Waals surface area contributed by atoms with Gasteiger partial charge in [0.2, 0.25) is 5.91 Å². The minimum Gasteiger partial charge on any atom is -0.327 e. The molecule has 0 fully saturated rings. The van der Waals surface area contributed by atoms with Gasteiger partial charge in [-0.2, -0.15) is 0 Å². The zero-order chi connectivity index (χ0) is 13.9. The first kappa shape index (κ1) is 14.1. The van der Waals surface area contributed by atoms with Crippen LogP contribution in [0, 0.1) is 24.0 Å². The van der Waals surface area contributed by atoms with Crippen LogP contribution in [0.3, 0.4) is 0 Å². The molecule has 0 radical (unpaired) electrons. The van der Waals surface area contributed by atoms with Crippen molar-refractivity contribution in [3.8, 4) is 0 Å². The molecular weight excluding hydrogens is 234 g/mol. The summed E-state index contributed by atoms with van der Waals surface area (Å²) < 4.78 is 0. The van der Waals surface area contributed by atoms with Crippen LogP contribution >= 0.6 is 0 Å². The van der Waals surface area contributed by atoms with Crippen molar-refractivity contribution < 1.29 is 9.72 Å². The number of carbonyl (C=O) groups excluding carboxylic acids is 1. The van der Waals surface area contributed by atoms with Crippen molar-refractivity contribution >= 4 is 17.3 Å². The fourth-order valence-electron chi connectivity index (χ4n) is 1.63. The zero-order valence-corrected chi connectivity index (χ0v) is 10.7. The van der Waals surface area contributed by atoms with Gasteiger partial charge in [-0.3, -0.25) is 14.9 Å². The number of amides is 1. The van der Waals surface area contributed by atoms with Crippen LogP contribution in [0.15, 0.2) is 12.1 Å². The molecule has 18 heavy (non-hydrogen) atoms. The molecular formula is C12H17N3O3. The topological polar surface area (TPSA) is 98.3 Å². The van der Waals surface area contributed by atoms with Crippen molar-refractivity contribution in [2.75, 3.05) is 5.32 Å². The molecule has 0 aliphatic carbocycles. The number of aryl methyl sites for hydroxylation is 2. The Kier molecular flexibility index (Phi) is 4.38. The first-order valence-corrected chi connectivity index (χ1v) is 5.62. The van der Waals surface area contributed by atoms with Gasteiger partial charge < -0.3 is 11.1 Å². The highest BCUT2D eigenvalue weighted by atomic mass is 16.6. The Labute approximate surface area is 105 Å². The van der Waals surface area contributed by atoms with Crippen LogP contribution in [-0.4, -0.2) is 16.9 Å². The number of hydrogen-bond donors (Lipinski definition) is 2. The second kappa shape index (κ2) is 5.59. The molecule has 1 aromatic carbocycles. The molecule has 0 aromatic heterocycles. The van der Waals surface area contributed by atoms with Crippen LogP contribution in [0.4, 0.5) is 11.4 Å². The van der Waals surface area contributed by atoms with Crippen molar-refractivity contribution in [1.82, 2.24) is 0 Å². The number of nitrogens with two attached hydrogens (primary N) is 1. The lowest BCUT2D eigenvalue weighted by Crippen LogP contribution is -2.24. The Morgan fingerprint density at radius 1 is 1.44 bits per heavy atom. The second-order valence-electron chi connectivity index (χ2n) is 4.44. The van der Waals surface area contributed by atoms with Crippen molar-refractivity contribution in [1.29, 1.82) is 0 Å². The van der Waals surface area contributed by atoms with E-state index in [9.17, 15) is 14.9 Å². The number of carbonyl (C=O) groups is 1. The first-order valence-electron chi connectivity index (χ1n) is 5.62. The zero-order valence-electron chi connectivity index (χ0n) is 10.7. The van der Waals surface area contributed by atoms with E-state index in [4.69, 9.17) is 5.73 Å². The van der Waals surface area contributed by atoms with Crippen molar-refractivity contribution in [3.05, 3.63) is 33.4 Å². The van der Waals surface area contributed by atoms with Gasteiger partial charge in [-0.25, -0.2) is 0 Å². The van der Waals surface area contributed by atoms with E-state index in [1.54, 1.807) is 26.8 Å². The predicted molar refractivity (Wildman–Crippen MR) is 69.5 cm³/mol. The number of rotatable bonds is 4. The van der Waals surface area contributed by atoms with Crippen LogP contribution in [0.5, 0.6) is 0 Å². The minimum atomic E-state index is -0.435. The van der Waals surface area contributed by atoms with Gasteiger partial charge in [-0.05, 0) is 32.4 Å². The van der Waals surface area contributed by atoms with Crippen molar-refractivity contribution in [2.24, 2.45) is 5.73 Å². The van der Waals surface area contributed by atoms with E-state index in [1.807, 2.05) is 0 Å². The number of hydrogen-bond acceptors (Lipinski definition) is 4. The van der Waals surface area contributed by atoms with E-state index in [-0.39, 0.29) is 24.1 Å². The number of nitro groups is 1. The summed E-state index contributed by atoms with van der Waals surface area (Å²) in [4.78, 5) is 21.9. The standard InChI is InChI=1S/C12H17N3O3/c1-7-5-11(15(17)18)8(2)4-10(7)14-12(16)6-9(3)13/h4-5,9H,6,13H2,1-3H3,(H,14,16). The number of nitro benzene ring substituents is 1. The molecule has 6 heteroatoms. The molecule has 98 valence electrons. The lowest BCUT2D eigenvalue weighted by molar-refractivity contribution is -0.385. The molecule has 0 saturated heterocycles. The van der Waals surface area contributed by atoms with Gasteiger partial charge in [0.1, 0.15) is 0 Å². The summed E-state index contributed by atoms with van der Waals surface area (Å²) >= 11 is 0. The SMILES string of the molecule is Cc1cc([N+](=O)[O-])c(C)cc1NC(=O)CC(C)N. The average Bonchev–Trinajstić information content (AvgIpc) is 2.21. The van der Waals surface area contributed by atoms with Gasteiger partial charge in [0.15, 0.2) is 0 Å². The Hall–Kier alpha value is -1.95. The van der Waals surface area contributed by atoms with Crippen LogP contribution in [0.25, 0.3) is 0 Å². The van der Waals surface area contributed by atoms with E-state index in [1.165, 1.54) is 6.07 Å². The molecule has 6 nitrogen and oxygen atoms in total. The van der Waals surface area contributed by atoms with E-state index in [0.717, 1.165) is 0 Å².